The predicted octanol–water partition coefficient (Wildman–Crippen LogP) is 7.85. The van der Waals surface area contributed by atoms with Crippen LogP contribution in [0.3, 0.4) is 0 Å². The highest BCUT2D eigenvalue weighted by atomic mass is 127. The largest absolute Gasteiger partial charge is 0.487 e. The lowest BCUT2D eigenvalue weighted by Gasteiger charge is -2.12. The quantitative estimate of drug-likeness (QED) is 0.163. The van der Waals surface area contributed by atoms with Gasteiger partial charge in [0.25, 0.3) is 0 Å². The maximum atomic E-state index is 9.55. The number of benzene rings is 3. The summed E-state index contributed by atoms with van der Waals surface area (Å²) in [5.74, 6) is 0.809. The molecule has 140 valence electrons. The van der Waals surface area contributed by atoms with Gasteiger partial charge in [0.15, 0.2) is 0 Å². The average Bonchev–Trinajstić information content (AvgIpc) is 2.67. The molecule has 0 radical (unpaired) electrons. The zero-order valence-electron chi connectivity index (χ0n) is 14.4. The fraction of sp³-hybridized carbons (Fsp3) is 0.0455. The molecular formula is C22H13Cl2I2NO. The number of allylic oxidation sites excluding steroid dienone is 1. The second kappa shape index (κ2) is 9.97. The Balaban J connectivity index is 1.86. The molecule has 0 spiro atoms. The van der Waals surface area contributed by atoms with E-state index in [0.717, 1.165) is 29.6 Å². The van der Waals surface area contributed by atoms with Crippen molar-refractivity contribution >= 4 is 80.0 Å². The summed E-state index contributed by atoms with van der Waals surface area (Å²) < 4.78 is 7.96. The molecule has 0 aliphatic heterocycles. The molecule has 2 nitrogen and oxygen atoms in total. The molecule has 0 saturated carbocycles. The maximum Gasteiger partial charge on any atom is 0.146 e. The normalized spacial score (nSPS) is 11.2. The first kappa shape index (κ1) is 21.4. The van der Waals surface area contributed by atoms with Gasteiger partial charge in [0.1, 0.15) is 12.4 Å². The van der Waals surface area contributed by atoms with E-state index in [1.165, 1.54) is 0 Å². The molecule has 0 fully saturated rings. The van der Waals surface area contributed by atoms with Crippen LogP contribution in [-0.2, 0) is 6.61 Å². The smallest absolute Gasteiger partial charge is 0.146 e. The Kier molecular flexibility index (Phi) is 7.63. The molecule has 3 aromatic rings. The fourth-order valence-electron chi connectivity index (χ4n) is 2.54. The Morgan fingerprint density at radius 1 is 1.00 bits per heavy atom. The third kappa shape index (κ3) is 5.41. The van der Waals surface area contributed by atoms with Gasteiger partial charge in [-0.05, 0) is 92.7 Å². The van der Waals surface area contributed by atoms with E-state index in [2.05, 4.69) is 51.3 Å². The van der Waals surface area contributed by atoms with E-state index in [9.17, 15) is 5.26 Å². The monoisotopic (exact) mass is 631 g/mol. The second-order valence-corrected chi connectivity index (χ2v) is 9.04. The molecule has 0 amide bonds. The van der Waals surface area contributed by atoms with Crippen molar-refractivity contribution in [2.75, 3.05) is 0 Å². The molecule has 6 heteroatoms. The van der Waals surface area contributed by atoms with Crippen LogP contribution in [0, 0.1) is 18.5 Å². The first-order chi connectivity index (χ1) is 13.5. The molecule has 0 N–H and O–H groups in total. The zero-order chi connectivity index (χ0) is 20.1. The molecule has 3 aromatic carbocycles. The lowest BCUT2D eigenvalue weighted by Crippen LogP contribution is -2.00. The van der Waals surface area contributed by atoms with E-state index in [1.807, 2.05) is 54.6 Å². The van der Waals surface area contributed by atoms with E-state index in [-0.39, 0.29) is 0 Å². The number of rotatable bonds is 5. The summed E-state index contributed by atoms with van der Waals surface area (Å²) in [6.45, 7) is 0.398. The number of nitrogens with zero attached hydrogens (tertiary/aromatic N) is 1. The molecule has 0 saturated heterocycles. The van der Waals surface area contributed by atoms with E-state index in [0.29, 0.717) is 22.2 Å². The van der Waals surface area contributed by atoms with Gasteiger partial charge in [-0.1, -0.05) is 53.5 Å². The van der Waals surface area contributed by atoms with Crippen LogP contribution in [0.2, 0.25) is 10.0 Å². The van der Waals surface area contributed by atoms with Crippen LogP contribution in [0.1, 0.15) is 16.7 Å². The van der Waals surface area contributed by atoms with Crippen molar-refractivity contribution in [2.45, 2.75) is 6.61 Å². The molecular weight excluding hydrogens is 619 g/mol. The Bertz CT molecular complexity index is 1050. The Morgan fingerprint density at radius 2 is 1.64 bits per heavy atom. The minimum Gasteiger partial charge on any atom is -0.487 e. The van der Waals surface area contributed by atoms with Crippen LogP contribution in [0.5, 0.6) is 5.75 Å². The number of ether oxygens (including phenoxy) is 1. The molecule has 0 aliphatic carbocycles. The summed E-state index contributed by atoms with van der Waals surface area (Å²) in [5, 5.41) is 10.9. The van der Waals surface area contributed by atoms with Crippen LogP contribution in [0.15, 0.2) is 60.7 Å². The Morgan fingerprint density at radius 3 is 2.25 bits per heavy atom. The van der Waals surface area contributed by atoms with Crippen molar-refractivity contribution in [3.8, 4) is 11.8 Å². The third-order valence-corrected chi connectivity index (χ3v) is 6.16. The first-order valence-corrected chi connectivity index (χ1v) is 11.1. The number of hydrogen-bond acceptors (Lipinski definition) is 2. The minimum atomic E-state index is 0.398. The molecule has 0 unspecified atom stereocenters. The SMILES string of the molecule is N#C/C(=C/c1cc(I)c(OCc2ccccc2Cl)c(I)c1)c1ccc(Cl)cc1. The Labute approximate surface area is 201 Å². The standard InChI is InChI=1S/C22H13Cl2I2NO/c23-18-7-5-15(6-8-18)17(12-27)9-14-10-20(25)22(21(26)11-14)28-13-16-3-1-2-4-19(16)24/h1-11H,13H2/b17-9-. The molecule has 0 bridgehead atoms. The second-order valence-electron chi connectivity index (χ2n) is 5.87. The van der Waals surface area contributed by atoms with Gasteiger partial charge >= 0.3 is 0 Å². The highest BCUT2D eigenvalue weighted by Crippen LogP contribution is 2.32. The van der Waals surface area contributed by atoms with E-state index in [1.54, 1.807) is 12.1 Å². The van der Waals surface area contributed by atoms with Crippen molar-refractivity contribution < 1.29 is 4.74 Å². The van der Waals surface area contributed by atoms with Gasteiger partial charge in [-0.2, -0.15) is 5.26 Å². The summed E-state index contributed by atoms with van der Waals surface area (Å²) >= 11 is 16.6. The molecule has 0 atom stereocenters. The molecule has 0 aromatic heterocycles. The number of hydrogen-bond donors (Lipinski definition) is 0. The molecule has 3 rings (SSSR count). The average molecular weight is 632 g/mol. The lowest BCUT2D eigenvalue weighted by molar-refractivity contribution is 0.302. The first-order valence-electron chi connectivity index (χ1n) is 8.21. The number of nitriles is 1. The maximum absolute atomic E-state index is 9.55. The lowest BCUT2D eigenvalue weighted by atomic mass is 10.0. The summed E-state index contributed by atoms with van der Waals surface area (Å²) in [6.07, 6.45) is 1.87. The summed E-state index contributed by atoms with van der Waals surface area (Å²) in [4.78, 5) is 0. The molecule has 0 aliphatic rings. The summed E-state index contributed by atoms with van der Waals surface area (Å²) in [7, 11) is 0. The predicted molar refractivity (Wildman–Crippen MR) is 133 cm³/mol. The van der Waals surface area contributed by atoms with E-state index < -0.39 is 0 Å². The van der Waals surface area contributed by atoms with Gasteiger partial charge in [-0.15, -0.1) is 0 Å². The van der Waals surface area contributed by atoms with Crippen LogP contribution in [0.4, 0.5) is 0 Å². The topological polar surface area (TPSA) is 33.0 Å². The van der Waals surface area contributed by atoms with Crippen LogP contribution >= 0.6 is 68.4 Å². The van der Waals surface area contributed by atoms with Gasteiger partial charge in [-0.3, -0.25) is 0 Å². The van der Waals surface area contributed by atoms with E-state index >= 15 is 0 Å². The molecule has 28 heavy (non-hydrogen) atoms. The van der Waals surface area contributed by atoms with Gasteiger partial charge in [-0.25, -0.2) is 0 Å². The van der Waals surface area contributed by atoms with Gasteiger partial charge in [0.2, 0.25) is 0 Å². The van der Waals surface area contributed by atoms with E-state index in [4.69, 9.17) is 27.9 Å². The Hall–Kier alpha value is -1.27. The van der Waals surface area contributed by atoms with Crippen LogP contribution in [-0.4, -0.2) is 0 Å². The zero-order valence-corrected chi connectivity index (χ0v) is 20.3. The number of halogens is 4. The van der Waals surface area contributed by atoms with Gasteiger partial charge in [0, 0.05) is 15.6 Å². The summed E-state index contributed by atoms with van der Waals surface area (Å²) in [6, 6.07) is 21.1. The summed E-state index contributed by atoms with van der Waals surface area (Å²) in [5.41, 5.74) is 3.28. The highest BCUT2D eigenvalue weighted by Gasteiger charge is 2.11. The minimum absolute atomic E-state index is 0.398. The highest BCUT2D eigenvalue weighted by molar-refractivity contribution is 14.1. The van der Waals surface area contributed by atoms with Crippen molar-refractivity contribution in [2.24, 2.45) is 0 Å². The van der Waals surface area contributed by atoms with Crippen LogP contribution in [0.25, 0.3) is 11.6 Å². The van der Waals surface area contributed by atoms with Gasteiger partial charge in [0.05, 0.1) is 18.8 Å². The van der Waals surface area contributed by atoms with Gasteiger partial charge < -0.3 is 4.74 Å². The van der Waals surface area contributed by atoms with Crippen molar-refractivity contribution in [1.82, 2.24) is 0 Å². The molecule has 0 heterocycles. The van der Waals surface area contributed by atoms with Crippen LogP contribution < -0.4 is 4.74 Å². The van der Waals surface area contributed by atoms with Crippen molar-refractivity contribution in [1.29, 1.82) is 5.26 Å². The van der Waals surface area contributed by atoms with Crippen molar-refractivity contribution in [3.05, 3.63) is 94.5 Å². The van der Waals surface area contributed by atoms with Crippen molar-refractivity contribution in [3.63, 3.8) is 0 Å². The fourth-order valence-corrected chi connectivity index (χ4v) is 4.99. The third-order valence-electron chi connectivity index (χ3n) is 3.94.